The molecule has 1 aromatic carbocycles. The molecule has 3 heteroatoms. The summed E-state index contributed by atoms with van der Waals surface area (Å²) in [6, 6.07) is 9.59. The minimum Gasteiger partial charge on any atom is -0.381 e. The van der Waals surface area contributed by atoms with Gasteiger partial charge in [0.2, 0.25) is 0 Å². The van der Waals surface area contributed by atoms with Crippen LogP contribution in [0.3, 0.4) is 0 Å². The molecule has 1 saturated heterocycles. The molecule has 1 aromatic heterocycles. The van der Waals surface area contributed by atoms with Gasteiger partial charge in [-0.3, -0.25) is 0 Å². The number of nitrogens with zero attached hydrogens (tertiary/aromatic N) is 1. The normalized spacial score (nSPS) is 17.1. The van der Waals surface area contributed by atoms with Gasteiger partial charge in [0.25, 0.3) is 0 Å². The van der Waals surface area contributed by atoms with Gasteiger partial charge in [-0.25, -0.2) is 0 Å². The summed E-state index contributed by atoms with van der Waals surface area (Å²) in [5.41, 5.74) is 2.70. The van der Waals surface area contributed by atoms with Gasteiger partial charge in [0.05, 0.1) is 0 Å². The van der Waals surface area contributed by atoms with Crippen molar-refractivity contribution in [2.45, 2.75) is 38.9 Å². The molecule has 0 atom stereocenters. The molecular weight excluding hydrogens is 236 g/mol. The molecule has 0 saturated carbocycles. The molecule has 0 amide bonds. The van der Waals surface area contributed by atoms with Gasteiger partial charge < -0.3 is 14.6 Å². The van der Waals surface area contributed by atoms with Crippen molar-refractivity contribution < 1.29 is 4.74 Å². The second kappa shape index (κ2) is 5.76. The number of rotatable bonds is 4. The van der Waals surface area contributed by atoms with E-state index in [1.807, 2.05) is 0 Å². The quantitative estimate of drug-likeness (QED) is 0.912. The van der Waals surface area contributed by atoms with Crippen LogP contribution >= 0.6 is 0 Å². The Hall–Kier alpha value is -1.32. The zero-order chi connectivity index (χ0) is 13.1. The van der Waals surface area contributed by atoms with Gasteiger partial charge in [-0.05, 0) is 48.9 Å². The van der Waals surface area contributed by atoms with Crippen molar-refractivity contribution in [1.82, 2.24) is 9.88 Å². The van der Waals surface area contributed by atoms with E-state index in [9.17, 15) is 0 Å². The van der Waals surface area contributed by atoms with Crippen LogP contribution in [0.2, 0.25) is 0 Å². The Morgan fingerprint density at radius 2 is 2.11 bits per heavy atom. The fraction of sp³-hybridized carbons (Fsp3) is 0.500. The highest BCUT2D eigenvalue weighted by Gasteiger charge is 2.12. The van der Waals surface area contributed by atoms with Crippen LogP contribution in [0.25, 0.3) is 10.9 Å². The smallest absolute Gasteiger partial charge is 0.0480 e. The first-order valence-electron chi connectivity index (χ1n) is 7.25. The average molecular weight is 258 g/mol. The largest absolute Gasteiger partial charge is 0.381 e. The number of aromatic nitrogens is 1. The minimum absolute atomic E-state index is 0.615. The van der Waals surface area contributed by atoms with E-state index in [1.54, 1.807) is 0 Å². The fourth-order valence-electron chi connectivity index (χ4n) is 2.80. The maximum Gasteiger partial charge on any atom is 0.0480 e. The zero-order valence-corrected chi connectivity index (χ0v) is 11.6. The zero-order valence-electron chi connectivity index (χ0n) is 11.6. The average Bonchev–Trinajstić information content (AvgIpc) is 2.88. The summed E-state index contributed by atoms with van der Waals surface area (Å²) in [5, 5.41) is 4.98. The summed E-state index contributed by atoms with van der Waals surface area (Å²) in [6.07, 6.45) is 4.43. The molecule has 0 unspecified atom stereocenters. The second-order valence-electron chi connectivity index (χ2n) is 5.26. The van der Waals surface area contributed by atoms with Gasteiger partial charge in [0.1, 0.15) is 0 Å². The fourth-order valence-corrected chi connectivity index (χ4v) is 2.80. The van der Waals surface area contributed by atoms with Crippen molar-refractivity contribution in [2.75, 3.05) is 13.2 Å². The Morgan fingerprint density at radius 3 is 2.89 bits per heavy atom. The van der Waals surface area contributed by atoms with Crippen LogP contribution in [0.1, 0.15) is 25.3 Å². The molecule has 0 spiro atoms. The van der Waals surface area contributed by atoms with E-state index in [0.29, 0.717) is 6.04 Å². The Morgan fingerprint density at radius 1 is 1.26 bits per heavy atom. The minimum atomic E-state index is 0.615. The third-order valence-electron chi connectivity index (χ3n) is 3.99. The Bertz CT molecular complexity index is 541. The maximum absolute atomic E-state index is 5.38. The summed E-state index contributed by atoms with van der Waals surface area (Å²) >= 11 is 0. The summed E-state index contributed by atoms with van der Waals surface area (Å²) in [5.74, 6) is 0. The van der Waals surface area contributed by atoms with Crippen molar-refractivity contribution in [3.8, 4) is 0 Å². The predicted molar refractivity (Wildman–Crippen MR) is 78.3 cm³/mol. The van der Waals surface area contributed by atoms with E-state index in [2.05, 4.69) is 47.3 Å². The molecule has 1 aliphatic rings. The number of hydrogen-bond donors (Lipinski definition) is 1. The number of ether oxygens (including phenoxy) is 1. The molecule has 0 aliphatic carbocycles. The van der Waals surface area contributed by atoms with Gasteiger partial charge in [-0.2, -0.15) is 0 Å². The van der Waals surface area contributed by atoms with Gasteiger partial charge in [-0.15, -0.1) is 0 Å². The molecule has 1 N–H and O–H groups in total. The van der Waals surface area contributed by atoms with Crippen LogP contribution in [-0.2, 0) is 17.8 Å². The lowest BCUT2D eigenvalue weighted by molar-refractivity contribution is 0.0776. The summed E-state index contributed by atoms with van der Waals surface area (Å²) in [7, 11) is 0. The summed E-state index contributed by atoms with van der Waals surface area (Å²) in [4.78, 5) is 0. The van der Waals surface area contributed by atoms with E-state index in [1.165, 1.54) is 16.5 Å². The number of aryl methyl sites for hydroxylation is 1. The maximum atomic E-state index is 5.38. The first-order chi connectivity index (χ1) is 9.36. The van der Waals surface area contributed by atoms with Crippen molar-refractivity contribution in [3.63, 3.8) is 0 Å². The SMILES string of the molecule is CCn1ccc2cc(CNC3CCOCC3)ccc21. The van der Waals surface area contributed by atoms with Crippen molar-refractivity contribution in [2.24, 2.45) is 0 Å². The molecule has 3 rings (SSSR count). The number of nitrogens with one attached hydrogen (secondary N) is 1. The molecule has 0 bridgehead atoms. The Labute approximate surface area is 114 Å². The molecule has 1 aliphatic heterocycles. The highest BCUT2D eigenvalue weighted by atomic mass is 16.5. The van der Waals surface area contributed by atoms with Gasteiger partial charge in [0.15, 0.2) is 0 Å². The van der Waals surface area contributed by atoms with Crippen LogP contribution in [0.4, 0.5) is 0 Å². The monoisotopic (exact) mass is 258 g/mol. The number of benzene rings is 1. The molecule has 0 radical (unpaired) electrons. The van der Waals surface area contributed by atoms with E-state index in [0.717, 1.165) is 39.1 Å². The van der Waals surface area contributed by atoms with Gasteiger partial charge >= 0.3 is 0 Å². The van der Waals surface area contributed by atoms with Crippen LogP contribution in [0.15, 0.2) is 30.5 Å². The van der Waals surface area contributed by atoms with E-state index in [4.69, 9.17) is 4.74 Å². The van der Waals surface area contributed by atoms with Crippen LogP contribution in [-0.4, -0.2) is 23.8 Å². The third kappa shape index (κ3) is 2.82. The van der Waals surface area contributed by atoms with Gasteiger partial charge in [-0.1, -0.05) is 6.07 Å². The molecular formula is C16H22N2O. The lowest BCUT2D eigenvalue weighted by Gasteiger charge is -2.23. The molecule has 2 heterocycles. The number of hydrogen-bond acceptors (Lipinski definition) is 2. The third-order valence-corrected chi connectivity index (χ3v) is 3.99. The Balaban J connectivity index is 1.67. The molecule has 3 nitrogen and oxygen atoms in total. The summed E-state index contributed by atoms with van der Waals surface area (Å²) < 4.78 is 7.66. The molecule has 19 heavy (non-hydrogen) atoms. The van der Waals surface area contributed by atoms with Crippen molar-refractivity contribution in [3.05, 3.63) is 36.0 Å². The first kappa shape index (κ1) is 12.7. The van der Waals surface area contributed by atoms with Crippen molar-refractivity contribution >= 4 is 10.9 Å². The first-order valence-corrected chi connectivity index (χ1v) is 7.25. The van der Waals surface area contributed by atoms with Crippen molar-refractivity contribution in [1.29, 1.82) is 0 Å². The molecule has 1 fully saturated rings. The highest BCUT2D eigenvalue weighted by molar-refractivity contribution is 5.80. The van der Waals surface area contributed by atoms with Crippen LogP contribution in [0.5, 0.6) is 0 Å². The lowest BCUT2D eigenvalue weighted by atomic mass is 10.1. The highest BCUT2D eigenvalue weighted by Crippen LogP contribution is 2.18. The predicted octanol–water partition coefficient (Wildman–Crippen LogP) is 2.93. The number of fused-ring (bicyclic) bond motifs is 1. The van der Waals surface area contributed by atoms with E-state index < -0.39 is 0 Å². The second-order valence-corrected chi connectivity index (χ2v) is 5.26. The Kier molecular flexibility index (Phi) is 3.85. The molecule has 102 valence electrons. The summed E-state index contributed by atoms with van der Waals surface area (Å²) in [6.45, 7) is 5.97. The topological polar surface area (TPSA) is 26.2 Å². The lowest BCUT2D eigenvalue weighted by Crippen LogP contribution is -2.34. The van der Waals surface area contributed by atoms with Crippen LogP contribution < -0.4 is 5.32 Å². The standard InChI is InChI=1S/C16H22N2O/c1-2-18-8-5-14-11-13(3-4-16(14)18)12-17-15-6-9-19-10-7-15/h3-5,8,11,15,17H,2,6-7,9-10,12H2,1H3. The van der Waals surface area contributed by atoms with Crippen LogP contribution in [0, 0.1) is 0 Å². The molecule has 2 aromatic rings. The van der Waals surface area contributed by atoms with Gasteiger partial charge in [0, 0.05) is 44.1 Å². The van der Waals surface area contributed by atoms with E-state index in [-0.39, 0.29) is 0 Å². The van der Waals surface area contributed by atoms with E-state index >= 15 is 0 Å².